The first-order chi connectivity index (χ1) is 10.8. The SMILES string of the molecule is C[C@H](O)CCONCCC(c1ccccc1)c1ccccc1. The summed E-state index contributed by atoms with van der Waals surface area (Å²) in [4.78, 5) is 5.36. The lowest BCUT2D eigenvalue weighted by Gasteiger charge is -2.18. The Kier molecular flexibility index (Phi) is 7.10. The first kappa shape index (κ1) is 16.7. The third-order valence-corrected chi connectivity index (χ3v) is 3.68. The molecule has 1 atom stereocenters. The number of hydroxylamine groups is 1. The van der Waals surface area contributed by atoms with E-state index in [2.05, 4.69) is 54.0 Å². The maximum absolute atomic E-state index is 9.19. The molecule has 3 nitrogen and oxygen atoms in total. The van der Waals surface area contributed by atoms with Gasteiger partial charge in [0.25, 0.3) is 0 Å². The highest BCUT2D eigenvalue weighted by atomic mass is 16.6. The van der Waals surface area contributed by atoms with E-state index in [9.17, 15) is 5.11 Å². The van der Waals surface area contributed by atoms with Gasteiger partial charge in [0.1, 0.15) is 0 Å². The van der Waals surface area contributed by atoms with Gasteiger partial charge in [0.2, 0.25) is 0 Å². The lowest BCUT2D eigenvalue weighted by molar-refractivity contribution is 0.0199. The summed E-state index contributed by atoms with van der Waals surface area (Å²) in [6.07, 6.45) is 1.29. The maximum Gasteiger partial charge on any atom is 0.0706 e. The molecule has 3 heteroatoms. The first-order valence-corrected chi connectivity index (χ1v) is 7.90. The summed E-state index contributed by atoms with van der Waals surface area (Å²) in [6, 6.07) is 21.1. The number of hydrogen-bond acceptors (Lipinski definition) is 3. The smallest absolute Gasteiger partial charge is 0.0706 e. The van der Waals surface area contributed by atoms with Crippen molar-refractivity contribution in [1.29, 1.82) is 0 Å². The molecule has 0 heterocycles. The molecule has 22 heavy (non-hydrogen) atoms. The second kappa shape index (κ2) is 9.36. The van der Waals surface area contributed by atoms with Crippen LogP contribution < -0.4 is 5.48 Å². The molecule has 0 amide bonds. The average molecular weight is 299 g/mol. The highest BCUT2D eigenvalue weighted by Gasteiger charge is 2.13. The van der Waals surface area contributed by atoms with E-state index in [4.69, 9.17) is 4.84 Å². The van der Waals surface area contributed by atoms with Gasteiger partial charge in [0.05, 0.1) is 12.7 Å². The van der Waals surface area contributed by atoms with Gasteiger partial charge >= 0.3 is 0 Å². The van der Waals surface area contributed by atoms with Crippen molar-refractivity contribution >= 4 is 0 Å². The third-order valence-electron chi connectivity index (χ3n) is 3.68. The number of benzene rings is 2. The van der Waals surface area contributed by atoms with E-state index in [-0.39, 0.29) is 6.10 Å². The maximum atomic E-state index is 9.19. The largest absolute Gasteiger partial charge is 0.393 e. The van der Waals surface area contributed by atoms with Crippen molar-refractivity contribution in [3.8, 4) is 0 Å². The van der Waals surface area contributed by atoms with Crippen LogP contribution >= 0.6 is 0 Å². The molecule has 2 aromatic rings. The fourth-order valence-corrected chi connectivity index (χ4v) is 2.47. The Labute approximate surface area is 132 Å². The Bertz CT molecular complexity index is 474. The zero-order valence-electron chi connectivity index (χ0n) is 13.1. The van der Waals surface area contributed by atoms with Gasteiger partial charge < -0.3 is 9.94 Å². The van der Waals surface area contributed by atoms with Gasteiger partial charge in [-0.1, -0.05) is 60.7 Å². The molecule has 2 N–H and O–H groups in total. The average Bonchev–Trinajstić information content (AvgIpc) is 2.55. The Hall–Kier alpha value is -1.68. The van der Waals surface area contributed by atoms with Crippen molar-refractivity contribution in [3.05, 3.63) is 71.8 Å². The molecule has 0 bridgehead atoms. The van der Waals surface area contributed by atoms with Gasteiger partial charge in [0.15, 0.2) is 0 Å². The van der Waals surface area contributed by atoms with Crippen molar-refractivity contribution in [1.82, 2.24) is 5.48 Å². The predicted octanol–water partition coefficient (Wildman–Crippen LogP) is 3.50. The van der Waals surface area contributed by atoms with Gasteiger partial charge in [0, 0.05) is 12.5 Å². The van der Waals surface area contributed by atoms with Gasteiger partial charge in [-0.15, -0.1) is 0 Å². The molecular weight excluding hydrogens is 274 g/mol. The Morgan fingerprint density at radius 2 is 1.45 bits per heavy atom. The lowest BCUT2D eigenvalue weighted by Crippen LogP contribution is -2.20. The highest BCUT2D eigenvalue weighted by molar-refractivity contribution is 5.32. The second-order valence-electron chi connectivity index (χ2n) is 5.54. The van der Waals surface area contributed by atoms with Gasteiger partial charge in [-0.3, -0.25) is 0 Å². The molecule has 0 fully saturated rings. The quantitative estimate of drug-likeness (QED) is 0.550. The molecule has 2 rings (SSSR count). The van der Waals surface area contributed by atoms with Crippen LogP contribution in [0.25, 0.3) is 0 Å². The Balaban J connectivity index is 1.89. The molecule has 0 unspecified atom stereocenters. The Morgan fingerprint density at radius 1 is 0.909 bits per heavy atom. The molecular formula is C19H25NO2. The topological polar surface area (TPSA) is 41.5 Å². The first-order valence-electron chi connectivity index (χ1n) is 7.90. The third kappa shape index (κ3) is 5.60. The van der Waals surface area contributed by atoms with E-state index in [0.29, 0.717) is 18.9 Å². The minimum atomic E-state index is -0.316. The fourth-order valence-electron chi connectivity index (χ4n) is 2.47. The van der Waals surface area contributed by atoms with Crippen molar-refractivity contribution in [2.75, 3.05) is 13.2 Å². The number of rotatable bonds is 9. The summed E-state index contributed by atoms with van der Waals surface area (Å²) >= 11 is 0. The van der Waals surface area contributed by atoms with Crippen LogP contribution in [0.5, 0.6) is 0 Å². The van der Waals surface area contributed by atoms with Crippen LogP contribution in [-0.4, -0.2) is 24.4 Å². The van der Waals surface area contributed by atoms with Gasteiger partial charge in [-0.05, 0) is 30.9 Å². The van der Waals surface area contributed by atoms with Crippen molar-refractivity contribution in [2.45, 2.75) is 31.8 Å². The number of hydrogen-bond donors (Lipinski definition) is 2. The van der Waals surface area contributed by atoms with Gasteiger partial charge in [-0.2, -0.15) is 0 Å². The van der Waals surface area contributed by atoms with E-state index in [1.54, 1.807) is 6.92 Å². The highest BCUT2D eigenvalue weighted by Crippen LogP contribution is 2.27. The summed E-state index contributed by atoms with van der Waals surface area (Å²) in [6.45, 7) is 3.07. The van der Waals surface area contributed by atoms with Crippen LogP contribution in [0.1, 0.15) is 36.8 Å². The predicted molar refractivity (Wildman–Crippen MR) is 89.6 cm³/mol. The molecule has 0 saturated carbocycles. The van der Waals surface area contributed by atoms with Crippen LogP contribution in [0.2, 0.25) is 0 Å². The number of aliphatic hydroxyl groups is 1. The molecule has 0 aliphatic rings. The van der Waals surface area contributed by atoms with E-state index < -0.39 is 0 Å². The monoisotopic (exact) mass is 299 g/mol. The zero-order valence-corrected chi connectivity index (χ0v) is 13.1. The van der Waals surface area contributed by atoms with Crippen LogP contribution in [0, 0.1) is 0 Å². The van der Waals surface area contributed by atoms with Crippen molar-refractivity contribution in [2.24, 2.45) is 0 Å². The summed E-state index contributed by atoms with van der Waals surface area (Å²) in [5.74, 6) is 0.357. The molecule has 118 valence electrons. The molecule has 2 aromatic carbocycles. The van der Waals surface area contributed by atoms with E-state index in [1.165, 1.54) is 11.1 Å². The summed E-state index contributed by atoms with van der Waals surface area (Å²) < 4.78 is 0. The summed E-state index contributed by atoms with van der Waals surface area (Å²) in [5.41, 5.74) is 5.64. The van der Waals surface area contributed by atoms with Crippen LogP contribution in [-0.2, 0) is 4.84 Å². The minimum absolute atomic E-state index is 0.316. The Morgan fingerprint density at radius 3 is 1.95 bits per heavy atom. The number of nitrogens with one attached hydrogen (secondary N) is 1. The normalized spacial score (nSPS) is 12.5. The number of aliphatic hydroxyl groups excluding tert-OH is 1. The molecule has 0 saturated heterocycles. The molecule has 0 aliphatic heterocycles. The molecule has 0 aliphatic carbocycles. The lowest BCUT2D eigenvalue weighted by atomic mass is 9.89. The zero-order chi connectivity index (χ0) is 15.6. The standard InChI is InChI=1S/C19H25NO2/c1-16(21)13-15-22-20-14-12-19(17-8-4-2-5-9-17)18-10-6-3-7-11-18/h2-11,16,19-21H,12-15H2,1H3/t16-/m0/s1. The van der Waals surface area contributed by atoms with Crippen molar-refractivity contribution in [3.63, 3.8) is 0 Å². The molecule has 0 spiro atoms. The fraction of sp³-hybridized carbons (Fsp3) is 0.368. The van der Waals surface area contributed by atoms with E-state index >= 15 is 0 Å². The minimum Gasteiger partial charge on any atom is -0.393 e. The summed E-state index contributed by atoms with van der Waals surface area (Å²) in [7, 11) is 0. The summed E-state index contributed by atoms with van der Waals surface area (Å²) in [5, 5.41) is 9.19. The van der Waals surface area contributed by atoms with E-state index in [1.807, 2.05) is 12.1 Å². The van der Waals surface area contributed by atoms with E-state index in [0.717, 1.165) is 13.0 Å². The van der Waals surface area contributed by atoms with Gasteiger partial charge in [-0.25, -0.2) is 5.48 Å². The van der Waals surface area contributed by atoms with Crippen molar-refractivity contribution < 1.29 is 9.94 Å². The second-order valence-corrected chi connectivity index (χ2v) is 5.54. The molecule has 0 radical (unpaired) electrons. The van der Waals surface area contributed by atoms with Crippen LogP contribution in [0.4, 0.5) is 0 Å². The van der Waals surface area contributed by atoms with Crippen LogP contribution in [0.3, 0.4) is 0 Å². The van der Waals surface area contributed by atoms with Crippen LogP contribution in [0.15, 0.2) is 60.7 Å². The molecule has 0 aromatic heterocycles.